The number of benzene rings is 1. The van der Waals surface area contributed by atoms with Crippen LogP contribution in [0.25, 0.3) is 0 Å². The number of aliphatic carboxylic acids is 1. The van der Waals surface area contributed by atoms with Crippen LogP contribution < -0.4 is 5.32 Å². The summed E-state index contributed by atoms with van der Waals surface area (Å²) < 4.78 is 0.917. The Morgan fingerprint density at radius 1 is 1.29 bits per heavy atom. The zero-order valence-electron chi connectivity index (χ0n) is 9.66. The van der Waals surface area contributed by atoms with E-state index in [2.05, 4.69) is 21.2 Å². The van der Waals surface area contributed by atoms with Gasteiger partial charge >= 0.3 is 5.97 Å². The van der Waals surface area contributed by atoms with Crippen molar-refractivity contribution in [2.24, 2.45) is 5.41 Å². The predicted molar refractivity (Wildman–Crippen MR) is 68.8 cm³/mol. The molecule has 0 aromatic heterocycles. The standard InChI is InChI=1S/C12H14BrNO3/c1-12(2,7-10(15)16)11(17)14-9-5-3-8(13)4-6-9/h3-6H,7H2,1-2H3,(H,14,17)(H,15,16). The van der Waals surface area contributed by atoms with Crippen LogP contribution in [0.1, 0.15) is 20.3 Å². The second kappa shape index (κ2) is 5.31. The lowest BCUT2D eigenvalue weighted by atomic mass is 9.88. The normalized spacial score (nSPS) is 11.0. The zero-order valence-corrected chi connectivity index (χ0v) is 11.2. The molecule has 0 atom stereocenters. The van der Waals surface area contributed by atoms with Crippen LogP contribution in [0.15, 0.2) is 28.7 Å². The average Bonchev–Trinajstić information content (AvgIpc) is 2.19. The van der Waals surface area contributed by atoms with Crippen LogP contribution in [-0.2, 0) is 9.59 Å². The number of halogens is 1. The Hall–Kier alpha value is -1.36. The van der Waals surface area contributed by atoms with E-state index in [-0.39, 0.29) is 12.3 Å². The van der Waals surface area contributed by atoms with Gasteiger partial charge in [-0.05, 0) is 24.3 Å². The van der Waals surface area contributed by atoms with Gasteiger partial charge in [0.1, 0.15) is 0 Å². The van der Waals surface area contributed by atoms with Crippen LogP contribution in [-0.4, -0.2) is 17.0 Å². The molecule has 1 amide bonds. The van der Waals surface area contributed by atoms with E-state index >= 15 is 0 Å². The molecule has 1 rings (SSSR count). The fourth-order valence-electron chi connectivity index (χ4n) is 1.29. The number of carboxylic acids is 1. The van der Waals surface area contributed by atoms with Gasteiger partial charge in [-0.2, -0.15) is 0 Å². The zero-order chi connectivity index (χ0) is 13.1. The van der Waals surface area contributed by atoms with Crippen molar-refractivity contribution in [1.82, 2.24) is 0 Å². The summed E-state index contributed by atoms with van der Waals surface area (Å²) in [7, 11) is 0. The topological polar surface area (TPSA) is 66.4 Å². The summed E-state index contributed by atoms with van der Waals surface area (Å²) in [5.74, 6) is -1.29. The maximum atomic E-state index is 11.9. The van der Waals surface area contributed by atoms with Gasteiger partial charge in [0.15, 0.2) is 0 Å². The summed E-state index contributed by atoms with van der Waals surface area (Å²) in [5, 5.41) is 11.4. The van der Waals surface area contributed by atoms with E-state index in [9.17, 15) is 9.59 Å². The molecule has 0 fully saturated rings. The van der Waals surface area contributed by atoms with Crippen molar-refractivity contribution in [3.8, 4) is 0 Å². The van der Waals surface area contributed by atoms with Crippen molar-refractivity contribution in [3.05, 3.63) is 28.7 Å². The van der Waals surface area contributed by atoms with Crippen LogP contribution in [0.4, 0.5) is 5.69 Å². The predicted octanol–water partition coefficient (Wildman–Crippen LogP) is 2.89. The summed E-state index contributed by atoms with van der Waals surface area (Å²) in [6, 6.07) is 7.11. The molecular formula is C12H14BrNO3. The lowest BCUT2D eigenvalue weighted by Gasteiger charge is -2.21. The Kier molecular flexibility index (Phi) is 4.28. The minimum absolute atomic E-state index is 0.199. The summed E-state index contributed by atoms with van der Waals surface area (Å²) in [6.45, 7) is 3.21. The van der Waals surface area contributed by atoms with Crippen molar-refractivity contribution in [2.45, 2.75) is 20.3 Å². The molecule has 0 unspecified atom stereocenters. The van der Waals surface area contributed by atoms with E-state index in [0.717, 1.165) is 4.47 Å². The van der Waals surface area contributed by atoms with Crippen LogP contribution in [0.5, 0.6) is 0 Å². The highest BCUT2D eigenvalue weighted by molar-refractivity contribution is 9.10. The Bertz CT molecular complexity index is 426. The molecule has 0 spiro atoms. The van der Waals surface area contributed by atoms with Crippen molar-refractivity contribution in [3.63, 3.8) is 0 Å². The van der Waals surface area contributed by atoms with Crippen LogP contribution >= 0.6 is 15.9 Å². The first-order valence-electron chi connectivity index (χ1n) is 5.10. The third-order valence-electron chi connectivity index (χ3n) is 2.31. The summed E-state index contributed by atoms with van der Waals surface area (Å²) in [4.78, 5) is 22.5. The molecule has 0 aliphatic carbocycles. The molecule has 1 aromatic rings. The lowest BCUT2D eigenvalue weighted by Crippen LogP contribution is -2.32. The number of rotatable bonds is 4. The molecule has 2 N–H and O–H groups in total. The number of carbonyl (C=O) groups excluding carboxylic acids is 1. The smallest absolute Gasteiger partial charge is 0.304 e. The second-order valence-electron chi connectivity index (χ2n) is 4.42. The van der Waals surface area contributed by atoms with Crippen LogP contribution in [0.2, 0.25) is 0 Å². The lowest BCUT2D eigenvalue weighted by molar-refractivity contribution is -0.142. The number of hydrogen-bond donors (Lipinski definition) is 2. The fourth-order valence-corrected chi connectivity index (χ4v) is 1.56. The maximum absolute atomic E-state index is 11.9. The highest BCUT2D eigenvalue weighted by atomic mass is 79.9. The molecule has 0 aliphatic heterocycles. The largest absolute Gasteiger partial charge is 0.481 e. The number of amides is 1. The Balaban J connectivity index is 2.71. The molecule has 0 saturated carbocycles. The quantitative estimate of drug-likeness (QED) is 0.898. The van der Waals surface area contributed by atoms with Crippen LogP contribution in [0, 0.1) is 5.41 Å². The van der Waals surface area contributed by atoms with Gasteiger partial charge in [0.25, 0.3) is 0 Å². The minimum atomic E-state index is -0.985. The molecular weight excluding hydrogens is 286 g/mol. The first-order valence-corrected chi connectivity index (χ1v) is 5.89. The monoisotopic (exact) mass is 299 g/mol. The van der Waals surface area contributed by atoms with Crippen molar-refractivity contribution < 1.29 is 14.7 Å². The molecule has 0 heterocycles. The summed E-state index contributed by atoms with van der Waals surface area (Å²) in [5.41, 5.74) is -0.282. The molecule has 0 bridgehead atoms. The molecule has 0 radical (unpaired) electrons. The van der Waals surface area contributed by atoms with Gasteiger partial charge in [-0.1, -0.05) is 29.8 Å². The molecule has 0 aliphatic rings. The number of nitrogens with one attached hydrogen (secondary N) is 1. The highest BCUT2D eigenvalue weighted by Crippen LogP contribution is 2.23. The minimum Gasteiger partial charge on any atom is -0.481 e. The van der Waals surface area contributed by atoms with Gasteiger partial charge in [-0.25, -0.2) is 0 Å². The SMILES string of the molecule is CC(C)(CC(=O)O)C(=O)Nc1ccc(Br)cc1. The molecule has 5 heteroatoms. The first-order chi connectivity index (χ1) is 7.81. The number of carboxylic acid groups (broad SMARTS) is 1. The Morgan fingerprint density at radius 2 is 1.82 bits per heavy atom. The third kappa shape index (κ3) is 4.19. The fraction of sp³-hybridized carbons (Fsp3) is 0.333. The highest BCUT2D eigenvalue weighted by Gasteiger charge is 2.30. The Morgan fingerprint density at radius 3 is 2.29 bits per heavy atom. The van der Waals surface area contributed by atoms with E-state index in [1.54, 1.807) is 38.1 Å². The van der Waals surface area contributed by atoms with Gasteiger partial charge in [0.2, 0.25) is 5.91 Å². The number of carbonyl (C=O) groups is 2. The van der Waals surface area contributed by atoms with Crippen molar-refractivity contribution in [2.75, 3.05) is 5.32 Å². The van der Waals surface area contributed by atoms with Gasteiger partial charge in [0.05, 0.1) is 11.8 Å². The van der Waals surface area contributed by atoms with E-state index in [4.69, 9.17) is 5.11 Å². The van der Waals surface area contributed by atoms with Crippen LogP contribution in [0.3, 0.4) is 0 Å². The average molecular weight is 300 g/mol. The van der Waals surface area contributed by atoms with E-state index in [1.165, 1.54) is 0 Å². The third-order valence-corrected chi connectivity index (χ3v) is 2.84. The maximum Gasteiger partial charge on any atom is 0.304 e. The Labute approximate surface area is 108 Å². The van der Waals surface area contributed by atoms with E-state index < -0.39 is 11.4 Å². The molecule has 92 valence electrons. The van der Waals surface area contributed by atoms with Gasteiger partial charge in [-0.3, -0.25) is 9.59 Å². The molecule has 4 nitrogen and oxygen atoms in total. The van der Waals surface area contributed by atoms with Gasteiger partial charge in [-0.15, -0.1) is 0 Å². The van der Waals surface area contributed by atoms with Crippen molar-refractivity contribution >= 4 is 33.5 Å². The van der Waals surface area contributed by atoms with E-state index in [0.29, 0.717) is 5.69 Å². The molecule has 0 saturated heterocycles. The molecule has 1 aromatic carbocycles. The summed E-state index contributed by atoms with van der Waals surface area (Å²) in [6.07, 6.45) is -0.199. The van der Waals surface area contributed by atoms with E-state index in [1.807, 2.05) is 0 Å². The van der Waals surface area contributed by atoms with Crippen molar-refractivity contribution in [1.29, 1.82) is 0 Å². The number of hydrogen-bond acceptors (Lipinski definition) is 2. The van der Waals surface area contributed by atoms with Gasteiger partial charge < -0.3 is 10.4 Å². The number of anilines is 1. The van der Waals surface area contributed by atoms with Gasteiger partial charge in [0, 0.05) is 10.2 Å². The first kappa shape index (κ1) is 13.7. The second-order valence-corrected chi connectivity index (χ2v) is 5.33. The molecule has 17 heavy (non-hydrogen) atoms. The summed E-state index contributed by atoms with van der Waals surface area (Å²) >= 11 is 3.29.